The van der Waals surface area contributed by atoms with Crippen molar-refractivity contribution in [2.24, 2.45) is 0 Å². The molecular formula is C14H21NO4. The van der Waals surface area contributed by atoms with E-state index in [1.165, 1.54) is 6.07 Å². The summed E-state index contributed by atoms with van der Waals surface area (Å²) in [7, 11) is 1.98. The van der Waals surface area contributed by atoms with Gasteiger partial charge in [0.25, 0.3) is 0 Å². The fourth-order valence-corrected chi connectivity index (χ4v) is 1.56. The Morgan fingerprint density at radius 1 is 1.26 bits per heavy atom. The van der Waals surface area contributed by atoms with Crippen molar-refractivity contribution in [2.45, 2.75) is 6.92 Å². The number of carboxylic acids is 1. The molecule has 0 fully saturated rings. The minimum Gasteiger partial charge on any atom is -0.491 e. The van der Waals surface area contributed by atoms with Crippen molar-refractivity contribution in [1.82, 2.24) is 4.90 Å². The van der Waals surface area contributed by atoms with Gasteiger partial charge in [-0.3, -0.25) is 0 Å². The van der Waals surface area contributed by atoms with Crippen LogP contribution in [0.3, 0.4) is 0 Å². The Hall–Kier alpha value is -1.59. The average Bonchev–Trinajstić information content (AvgIpc) is 2.39. The van der Waals surface area contributed by atoms with Gasteiger partial charge in [-0.05, 0) is 26.1 Å². The number of carbonyl (C=O) groups is 1. The van der Waals surface area contributed by atoms with Crippen LogP contribution in [0.2, 0.25) is 0 Å². The Kier molecular flexibility index (Phi) is 6.92. The van der Waals surface area contributed by atoms with Crippen LogP contribution in [0.25, 0.3) is 0 Å². The average molecular weight is 267 g/mol. The fraction of sp³-hybridized carbons (Fsp3) is 0.500. The molecule has 0 amide bonds. The summed E-state index contributed by atoms with van der Waals surface area (Å²) in [5.41, 5.74) is 0.194. The van der Waals surface area contributed by atoms with Gasteiger partial charge in [-0.25, -0.2) is 4.79 Å². The van der Waals surface area contributed by atoms with E-state index in [9.17, 15) is 4.79 Å². The molecule has 0 aliphatic carbocycles. The molecule has 0 saturated heterocycles. The van der Waals surface area contributed by atoms with E-state index in [2.05, 4.69) is 4.90 Å². The molecule has 0 radical (unpaired) electrons. The third-order valence-electron chi connectivity index (χ3n) is 2.67. The maximum atomic E-state index is 11.0. The molecule has 1 aromatic carbocycles. The molecule has 1 rings (SSSR count). The van der Waals surface area contributed by atoms with Crippen molar-refractivity contribution in [3.63, 3.8) is 0 Å². The van der Waals surface area contributed by atoms with E-state index >= 15 is 0 Å². The zero-order chi connectivity index (χ0) is 14.1. The zero-order valence-electron chi connectivity index (χ0n) is 11.5. The summed E-state index contributed by atoms with van der Waals surface area (Å²) < 4.78 is 10.8. The van der Waals surface area contributed by atoms with Gasteiger partial charge < -0.3 is 19.5 Å². The standard InChI is InChI=1S/C14H21NO4/c1-3-18-10-8-15(2)9-11-19-13-7-5-4-6-12(13)14(16)17/h4-7H,3,8-11H2,1-2H3,(H,16,17). The van der Waals surface area contributed by atoms with Gasteiger partial charge in [-0.2, -0.15) is 0 Å². The summed E-state index contributed by atoms with van der Waals surface area (Å²) >= 11 is 0. The van der Waals surface area contributed by atoms with Gasteiger partial charge >= 0.3 is 5.97 Å². The Morgan fingerprint density at radius 3 is 2.63 bits per heavy atom. The van der Waals surface area contributed by atoms with E-state index in [-0.39, 0.29) is 5.56 Å². The summed E-state index contributed by atoms with van der Waals surface area (Å²) in [5, 5.41) is 9.01. The van der Waals surface area contributed by atoms with Crippen LogP contribution in [0.4, 0.5) is 0 Å². The quantitative estimate of drug-likeness (QED) is 0.690. The topological polar surface area (TPSA) is 59.0 Å². The molecule has 0 aliphatic heterocycles. The van der Waals surface area contributed by atoms with Crippen LogP contribution in [0, 0.1) is 0 Å². The molecule has 1 aromatic rings. The van der Waals surface area contributed by atoms with E-state index in [1.54, 1.807) is 18.2 Å². The maximum Gasteiger partial charge on any atom is 0.339 e. The lowest BCUT2D eigenvalue weighted by atomic mass is 10.2. The van der Waals surface area contributed by atoms with E-state index in [4.69, 9.17) is 14.6 Å². The van der Waals surface area contributed by atoms with Gasteiger partial charge in [0, 0.05) is 19.7 Å². The first kappa shape index (κ1) is 15.5. The number of hydrogen-bond donors (Lipinski definition) is 1. The Bertz CT molecular complexity index is 395. The highest BCUT2D eigenvalue weighted by atomic mass is 16.5. The minimum absolute atomic E-state index is 0.194. The fourth-order valence-electron chi connectivity index (χ4n) is 1.56. The molecule has 0 saturated carbocycles. The van der Waals surface area contributed by atoms with Gasteiger partial charge in [0.1, 0.15) is 17.9 Å². The first-order chi connectivity index (χ1) is 9.15. The van der Waals surface area contributed by atoms with Crippen LogP contribution >= 0.6 is 0 Å². The highest BCUT2D eigenvalue weighted by Crippen LogP contribution is 2.17. The SMILES string of the molecule is CCOCCN(C)CCOc1ccccc1C(=O)O. The number of benzene rings is 1. The van der Waals surface area contributed by atoms with E-state index in [1.807, 2.05) is 14.0 Å². The third kappa shape index (κ3) is 5.72. The molecule has 5 nitrogen and oxygen atoms in total. The lowest BCUT2D eigenvalue weighted by Crippen LogP contribution is -2.28. The number of rotatable bonds is 9. The van der Waals surface area contributed by atoms with Crippen molar-refractivity contribution in [3.05, 3.63) is 29.8 Å². The number of hydrogen-bond acceptors (Lipinski definition) is 4. The second-order valence-electron chi connectivity index (χ2n) is 4.15. The van der Waals surface area contributed by atoms with Crippen molar-refractivity contribution in [2.75, 3.05) is 40.0 Å². The molecule has 19 heavy (non-hydrogen) atoms. The van der Waals surface area contributed by atoms with Crippen LogP contribution in [-0.2, 0) is 4.74 Å². The molecule has 0 bridgehead atoms. The number of aromatic carboxylic acids is 1. The van der Waals surface area contributed by atoms with E-state index in [0.717, 1.165) is 19.7 Å². The summed E-state index contributed by atoms with van der Waals surface area (Å²) in [6, 6.07) is 6.66. The molecule has 0 spiro atoms. The van der Waals surface area contributed by atoms with E-state index < -0.39 is 5.97 Å². The van der Waals surface area contributed by atoms with Crippen molar-refractivity contribution in [3.8, 4) is 5.75 Å². The van der Waals surface area contributed by atoms with E-state index in [0.29, 0.717) is 19.0 Å². The lowest BCUT2D eigenvalue weighted by Gasteiger charge is -2.17. The highest BCUT2D eigenvalue weighted by molar-refractivity contribution is 5.90. The van der Waals surface area contributed by atoms with Crippen LogP contribution in [0.15, 0.2) is 24.3 Å². The van der Waals surface area contributed by atoms with Gasteiger partial charge in [-0.1, -0.05) is 12.1 Å². The number of likely N-dealkylation sites (N-methyl/N-ethyl adjacent to an activating group) is 1. The van der Waals surface area contributed by atoms with Crippen LogP contribution < -0.4 is 4.74 Å². The molecule has 0 heterocycles. The second-order valence-corrected chi connectivity index (χ2v) is 4.15. The largest absolute Gasteiger partial charge is 0.491 e. The van der Waals surface area contributed by atoms with Gasteiger partial charge in [0.15, 0.2) is 0 Å². The Labute approximate surface area is 113 Å². The lowest BCUT2D eigenvalue weighted by molar-refractivity contribution is 0.0691. The number of para-hydroxylation sites is 1. The molecule has 5 heteroatoms. The molecule has 0 unspecified atom stereocenters. The highest BCUT2D eigenvalue weighted by Gasteiger charge is 2.10. The zero-order valence-corrected chi connectivity index (χ0v) is 11.5. The van der Waals surface area contributed by atoms with Crippen molar-refractivity contribution >= 4 is 5.97 Å². The first-order valence-corrected chi connectivity index (χ1v) is 6.36. The molecule has 106 valence electrons. The van der Waals surface area contributed by atoms with Crippen LogP contribution in [0.1, 0.15) is 17.3 Å². The molecule has 0 aliphatic rings. The number of nitrogens with zero attached hydrogens (tertiary/aromatic N) is 1. The molecule has 0 atom stereocenters. The van der Waals surface area contributed by atoms with Gasteiger partial charge in [0.05, 0.1) is 6.61 Å². The summed E-state index contributed by atoms with van der Waals surface area (Å²) in [6.07, 6.45) is 0. The number of ether oxygens (including phenoxy) is 2. The minimum atomic E-state index is -0.972. The van der Waals surface area contributed by atoms with Gasteiger partial charge in [-0.15, -0.1) is 0 Å². The Balaban J connectivity index is 2.35. The Morgan fingerprint density at radius 2 is 1.95 bits per heavy atom. The normalized spacial score (nSPS) is 10.7. The molecule has 0 aromatic heterocycles. The first-order valence-electron chi connectivity index (χ1n) is 6.36. The van der Waals surface area contributed by atoms with Crippen molar-refractivity contribution < 1.29 is 19.4 Å². The second kappa shape index (κ2) is 8.50. The number of carboxylic acid groups (broad SMARTS) is 1. The summed E-state index contributed by atoms with van der Waals surface area (Å²) in [4.78, 5) is 13.1. The molecular weight excluding hydrogens is 246 g/mol. The monoisotopic (exact) mass is 267 g/mol. The third-order valence-corrected chi connectivity index (χ3v) is 2.67. The van der Waals surface area contributed by atoms with Crippen molar-refractivity contribution in [1.29, 1.82) is 0 Å². The smallest absolute Gasteiger partial charge is 0.339 e. The predicted octanol–water partition coefficient (Wildman–Crippen LogP) is 1.73. The van der Waals surface area contributed by atoms with Crippen LogP contribution in [0.5, 0.6) is 5.75 Å². The molecule has 1 N–H and O–H groups in total. The van der Waals surface area contributed by atoms with Gasteiger partial charge in [0.2, 0.25) is 0 Å². The summed E-state index contributed by atoms with van der Waals surface area (Å²) in [6.45, 7) is 5.38. The summed E-state index contributed by atoms with van der Waals surface area (Å²) in [5.74, 6) is -0.562. The predicted molar refractivity (Wildman–Crippen MR) is 72.9 cm³/mol. The van der Waals surface area contributed by atoms with Crippen LogP contribution in [-0.4, -0.2) is 55.9 Å². The maximum absolute atomic E-state index is 11.0.